The Kier molecular flexibility index (Phi) is 4.27. The molecule has 134 valence electrons. The Morgan fingerprint density at radius 1 is 1.40 bits per heavy atom. The molecule has 3 rings (SSSR count). The van der Waals surface area contributed by atoms with E-state index in [-0.39, 0.29) is 18.5 Å². The number of likely N-dealkylation sites (N-methyl/N-ethyl adjacent to an activating group) is 1. The SMILES string of the molecule is CCCN1C(=O)C2C(=NC3=[N+]2CC(C)=NN3CC(=O)OC)N(C)C1=O. The van der Waals surface area contributed by atoms with Gasteiger partial charge in [-0.2, -0.15) is 0 Å². The van der Waals surface area contributed by atoms with Crippen LogP contribution >= 0.6 is 0 Å². The average Bonchev–Trinajstić information content (AvgIpc) is 2.96. The second-order valence-corrected chi connectivity index (χ2v) is 6.10. The number of amides is 3. The molecule has 0 radical (unpaired) electrons. The number of carbonyl (C=O) groups excluding carboxylic acids is 3. The van der Waals surface area contributed by atoms with Gasteiger partial charge >= 0.3 is 18.0 Å². The predicted octanol–water partition coefficient (Wildman–Crippen LogP) is -0.696. The van der Waals surface area contributed by atoms with Gasteiger partial charge in [-0.1, -0.05) is 11.9 Å². The molecule has 0 spiro atoms. The average molecular weight is 349 g/mol. The minimum absolute atomic E-state index is 0.117. The number of hydrogen-bond donors (Lipinski definition) is 0. The van der Waals surface area contributed by atoms with Gasteiger partial charge in [-0.25, -0.2) is 14.2 Å². The number of amidine groups is 1. The number of urea groups is 1. The van der Waals surface area contributed by atoms with Gasteiger partial charge in [0.25, 0.3) is 5.91 Å². The Balaban J connectivity index is 1.99. The highest BCUT2D eigenvalue weighted by molar-refractivity contribution is 6.23. The maximum Gasteiger partial charge on any atom is 0.417 e. The van der Waals surface area contributed by atoms with Crippen molar-refractivity contribution in [3.63, 3.8) is 0 Å². The molecule has 10 heteroatoms. The van der Waals surface area contributed by atoms with Gasteiger partial charge in [0.2, 0.25) is 11.9 Å². The minimum atomic E-state index is -0.685. The first kappa shape index (κ1) is 17.1. The van der Waals surface area contributed by atoms with Crippen molar-refractivity contribution in [2.75, 3.05) is 33.8 Å². The third kappa shape index (κ3) is 2.67. The number of imide groups is 1. The van der Waals surface area contributed by atoms with Gasteiger partial charge in [0.05, 0.1) is 12.8 Å². The summed E-state index contributed by atoms with van der Waals surface area (Å²) >= 11 is 0. The standard InChI is InChI=1S/C15H21N6O4/c1-5-6-19-13(23)11-12(18(3)15(19)24)16-14-20(11)7-9(2)17-21(14)8-10(22)25-4/h11H,5-8H2,1-4H3/q+1. The van der Waals surface area contributed by atoms with Crippen LogP contribution in [0.5, 0.6) is 0 Å². The Bertz CT molecular complexity index is 740. The molecule has 1 atom stereocenters. The van der Waals surface area contributed by atoms with Crippen molar-refractivity contribution in [1.82, 2.24) is 14.8 Å². The van der Waals surface area contributed by atoms with Crippen molar-refractivity contribution < 1.29 is 23.7 Å². The van der Waals surface area contributed by atoms with Crippen LogP contribution in [0.4, 0.5) is 4.79 Å². The summed E-state index contributed by atoms with van der Waals surface area (Å²) in [7, 11) is 2.89. The van der Waals surface area contributed by atoms with Crippen LogP contribution in [0.25, 0.3) is 0 Å². The molecule has 0 aliphatic carbocycles. The molecule has 0 aromatic rings. The number of nitrogens with zero attached hydrogens (tertiary/aromatic N) is 6. The molecular formula is C15H21N6O4+. The fourth-order valence-electron chi connectivity index (χ4n) is 3.13. The summed E-state index contributed by atoms with van der Waals surface area (Å²) in [5.41, 5.74) is 0.735. The summed E-state index contributed by atoms with van der Waals surface area (Å²) in [4.78, 5) is 44.1. The van der Waals surface area contributed by atoms with Gasteiger partial charge in [0.15, 0.2) is 6.54 Å². The minimum Gasteiger partial charge on any atom is -0.467 e. The highest BCUT2D eigenvalue weighted by Gasteiger charge is 2.54. The Labute approximate surface area is 145 Å². The van der Waals surface area contributed by atoms with Gasteiger partial charge < -0.3 is 4.74 Å². The first-order chi connectivity index (χ1) is 11.9. The topological polar surface area (TPSA) is 97.9 Å². The van der Waals surface area contributed by atoms with E-state index in [1.807, 2.05) is 13.8 Å². The number of esters is 1. The zero-order chi connectivity index (χ0) is 18.3. The quantitative estimate of drug-likeness (QED) is 0.494. The number of carbonyl (C=O) groups is 3. The third-order valence-corrected chi connectivity index (χ3v) is 4.26. The van der Waals surface area contributed by atoms with Gasteiger partial charge in [-0.3, -0.25) is 14.6 Å². The molecule has 0 bridgehead atoms. The molecule has 0 aromatic carbocycles. The van der Waals surface area contributed by atoms with E-state index in [9.17, 15) is 14.4 Å². The summed E-state index contributed by atoms with van der Waals surface area (Å²) < 4.78 is 6.47. The first-order valence-corrected chi connectivity index (χ1v) is 8.08. The fraction of sp³-hybridized carbons (Fsp3) is 0.600. The predicted molar refractivity (Wildman–Crippen MR) is 88.4 cm³/mol. The zero-order valence-electron chi connectivity index (χ0n) is 14.7. The molecule has 10 nitrogen and oxygen atoms in total. The summed E-state index contributed by atoms with van der Waals surface area (Å²) in [5.74, 6) is -0.0322. The van der Waals surface area contributed by atoms with Crippen molar-refractivity contribution in [2.45, 2.75) is 26.3 Å². The third-order valence-electron chi connectivity index (χ3n) is 4.26. The molecule has 3 aliphatic heterocycles. The molecule has 3 heterocycles. The van der Waals surface area contributed by atoms with Gasteiger partial charge in [0, 0.05) is 13.6 Å². The number of hydrazone groups is 1. The smallest absolute Gasteiger partial charge is 0.417 e. The lowest BCUT2D eigenvalue weighted by molar-refractivity contribution is -0.527. The van der Waals surface area contributed by atoms with E-state index >= 15 is 0 Å². The molecule has 0 aromatic heterocycles. The molecule has 1 saturated heterocycles. The van der Waals surface area contributed by atoms with Crippen LogP contribution in [0.3, 0.4) is 0 Å². The van der Waals surface area contributed by atoms with Crippen molar-refractivity contribution in [3.8, 4) is 0 Å². The molecule has 3 amide bonds. The van der Waals surface area contributed by atoms with Gasteiger partial charge in [-0.15, -0.1) is 10.1 Å². The lowest BCUT2D eigenvalue weighted by atomic mass is 10.1. The monoisotopic (exact) mass is 349 g/mol. The molecule has 1 unspecified atom stereocenters. The summed E-state index contributed by atoms with van der Waals surface area (Å²) in [6, 6.07) is -1.07. The zero-order valence-corrected chi connectivity index (χ0v) is 14.7. The highest BCUT2D eigenvalue weighted by Crippen LogP contribution is 2.23. The number of hydrogen-bond acceptors (Lipinski definition) is 7. The van der Waals surface area contributed by atoms with E-state index in [0.29, 0.717) is 31.3 Å². The number of fused-ring (bicyclic) bond motifs is 2. The van der Waals surface area contributed by atoms with Crippen LogP contribution in [-0.4, -0.2) is 94.6 Å². The number of aliphatic imine (C=N–C) groups is 1. The number of rotatable bonds is 4. The Morgan fingerprint density at radius 3 is 2.76 bits per heavy atom. The first-order valence-electron chi connectivity index (χ1n) is 8.08. The number of guanidine groups is 1. The van der Waals surface area contributed by atoms with Crippen LogP contribution in [0.15, 0.2) is 10.1 Å². The second-order valence-electron chi connectivity index (χ2n) is 6.10. The second kappa shape index (κ2) is 6.26. The molecule has 25 heavy (non-hydrogen) atoms. The molecular weight excluding hydrogens is 328 g/mol. The largest absolute Gasteiger partial charge is 0.467 e. The van der Waals surface area contributed by atoms with Gasteiger partial charge in [0.1, 0.15) is 6.54 Å². The van der Waals surface area contributed by atoms with E-state index in [2.05, 4.69) is 10.1 Å². The Hall–Kier alpha value is -2.78. The van der Waals surface area contributed by atoms with Crippen LogP contribution in [0, 0.1) is 0 Å². The van der Waals surface area contributed by atoms with Crippen molar-refractivity contribution in [2.24, 2.45) is 10.1 Å². The Morgan fingerprint density at radius 2 is 2.12 bits per heavy atom. The lowest BCUT2D eigenvalue weighted by Gasteiger charge is -2.34. The van der Waals surface area contributed by atoms with E-state index in [4.69, 9.17) is 4.74 Å². The summed E-state index contributed by atoms with van der Waals surface area (Å²) in [6.07, 6.45) is 0.677. The normalized spacial score (nSPS) is 22.7. The van der Waals surface area contributed by atoms with Crippen LogP contribution in [0.1, 0.15) is 20.3 Å². The van der Waals surface area contributed by atoms with E-state index in [1.165, 1.54) is 21.9 Å². The van der Waals surface area contributed by atoms with Crippen molar-refractivity contribution >= 4 is 35.4 Å². The van der Waals surface area contributed by atoms with Crippen LogP contribution in [-0.2, 0) is 14.3 Å². The summed E-state index contributed by atoms with van der Waals surface area (Å²) in [6.45, 7) is 4.36. The van der Waals surface area contributed by atoms with Gasteiger partial charge in [-0.05, 0) is 13.3 Å². The molecule has 0 N–H and O–H groups in total. The maximum absolute atomic E-state index is 12.9. The number of methoxy groups -OCH3 is 1. The number of ether oxygens (including phenoxy) is 1. The highest BCUT2D eigenvalue weighted by atomic mass is 16.5. The van der Waals surface area contributed by atoms with E-state index in [0.717, 1.165) is 5.71 Å². The maximum atomic E-state index is 12.9. The van der Waals surface area contributed by atoms with Crippen molar-refractivity contribution in [3.05, 3.63) is 0 Å². The van der Waals surface area contributed by atoms with Crippen LogP contribution < -0.4 is 0 Å². The van der Waals surface area contributed by atoms with E-state index in [1.54, 1.807) is 11.6 Å². The molecule has 1 fully saturated rings. The molecule has 3 aliphatic rings. The summed E-state index contributed by atoms with van der Waals surface area (Å²) in [5, 5.41) is 5.74. The van der Waals surface area contributed by atoms with Crippen LogP contribution in [0.2, 0.25) is 0 Å². The van der Waals surface area contributed by atoms with Crippen molar-refractivity contribution in [1.29, 1.82) is 0 Å². The molecule has 0 saturated carbocycles. The lowest BCUT2D eigenvalue weighted by Crippen LogP contribution is -2.63. The fourth-order valence-corrected chi connectivity index (χ4v) is 3.13. The van der Waals surface area contributed by atoms with E-state index < -0.39 is 12.0 Å².